The van der Waals surface area contributed by atoms with Gasteiger partial charge in [-0.15, -0.1) is 0 Å². The van der Waals surface area contributed by atoms with E-state index in [9.17, 15) is 14.0 Å². The SMILES string of the molecule is CCC(C)n1cc(C(=O)O)c(=O)c2cccc(F)c21. The number of aromatic nitrogens is 1. The summed E-state index contributed by atoms with van der Waals surface area (Å²) in [6.07, 6.45) is 1.93. The average Bonchev–Trinajstić information content (AvgIpc) is 2.38. The molecule has 1 N–H and O–H groups in total. The predicted octanol–water partition coefficient (Wildman–Crippen LogP) is 2.81. The maximum Gasteiger partial charge on any atom is 0.341 e. The summed E-state index contributed by atoms with van der Waals surface area (Å²) in [4.78, 5) is 23.1. The molecule has 0 saturated heterocycles. The van der Waals surface area contributed by atoms with Crippen molar-refractivity contribution >= 4 is 16.9 Å². The molecule has 19 heavy (non-hydrogen) atoms. The molecule has 0 amide bonds. The monoisotopic (exact) mass is 263 g/mol. The fourth-order valence-electron chi connectivity index (χ4n) is 2.06. The molecule has 0 saturated carbocycles. The van der Waals surface area contributed by atoms with E-state index in [1.54, 1.807) is 0 Å². The van der Waals surface area contributed by atoms with E-state index in [0.717, 1.165) is 0 Å². The van der Waals surface area contributed by atoms with Crippen molar-refractivity contribution < 1.29 is 14.3 Å². The van der Waals surface area contributed by atoms with E-state index in [-0.39, 0.29) is 22.5 Å². The van der Waals surface area contributed by atoms with Crippen molar-refractivity contribution in [3.05, 3.63) is 46.0 Å². The summed E-state index contributed by atoms with van der Waals surface area (Å²) in [7, 11) is 0. The summed E-state index contributed by atoms with van der Waals surface area (Å²) < 4.78 is 15.5. The highest BCUT2D eigenvalue weighted by Gasteiger charge is 2.18. The number of halogens is 1. The number of benzene rings is 1. The van der Waals surface area contributed by atoms with E-state index in [1.807, 2.05) is 13.8 Å². The van der Waals surface area contributed by atoms with Gasteiger partial charge in [0.05, 0.1) is 5.52 Å². The van der Waals surface area contributed by atoms with Crippen molar-refractivity contribution in [3.8, 4) is 0 Å². The Hall–Kier alpha value is -2.17. The molecule has 100 valence electrons. The largest absolute Gasteiger partial charge is 0.477 e. The van der Waals surface area contributed by atoms with Crippen LogP contribution in [-0.2, 0) is 0 Å². The molecule has 1 aromatic carbocycles. The second-order valence-electron chi connectivity index (χ2n) is 4.48. The molecule has 4 nitrogen and oxygen atoms in total. The number of pyridine rings is 1. The predicted molar refractivity (Wildman–Crippen MR) is 70.1 cm³/mol. The minimum atomic E-state index is -1.30. The van der Waals surface area contributed by atoms with E-state index in [0.29, 0.717) is 6.42 Å². The standard InChI is InChI=1S/C14H14FNO3/c1-3-8(2)16-7-10(14(18)19)13(17)9-5-4-6-11(15)12(9)16/h4-8H,3H2,1-2H3,(H,18,19). The molecule has 2 aromatic rings. The smallest absolute Gasteiger partial charge is 0.341 e. The molecule has 1 aromatic heterocycles. The molecule has 0 fully saturated rings. The number of hydrogen-bond acceptors (Lipinski definition) is 2. The van der Waals surface area contributed by atoms with Crippen LogP contribution < -0.4 is 5.43 Å². The van der Waals surface area contributed by atoms with E-state index < -0.39 is 17.2 Å². The quantitative estimate of drug-likeness (QED) is 0.926. The zero-order chi connectivity index (χ0) is 14.2. The second-order valence-corrected chi connectivity index (χ2v) is 4.48. The van der Waals surface area contributed by atoms with E-state index in [4.69, 9.17) is 5.11 Å². The van der Waals surface area contributed by atoms with Crippen molar-refractivity contribution in [2.75, 3.05) is 0 Å². The van der Waals surface area contributed by atoms with Gasteiger partial charge in [0.25, 0.3) is 0 Å². The first-order valence-electron chi connectivity index (χ1n) is 6.04. The minimum absolute atomic E-state index is 0.0974. The van der Waals surface area contributed by atoms with Gasteiger partial charge < -0.3 is 9.67 Å². The third-order valence-corrected chi connectivity index (χ3v) is 3.30. The maximum absolute atomic E-state index is 13.9. The van der Waals surface area contributed by atoms with Crippen LogP contribution in [0, 0.1) is 5.82 Å². The number of rotatable bonds is 3. The van der Waals surface area contributed by atoms with Crippen molar-refractivity contribution in [1.29, 1.82) is 0 Å². The fourth-order valence-corrected chi connectivity index (χ4v) is 2.06. The lowest BCUT2D eigenvalue weighted by atomic mass is 10.1. The van der Waals surface area contributed by atoms with Crippen molar-refractivity contribution in [1.82, 2.24) is 4.57 Å². The topological polar surface area (TPSA) is 59.3 Å². The molecule has 0 bridgehead atoms. The van der Waals surface area contributed by atoms with Gasteiger partial charge in [-0.3, -0.25) is 4.79 Å². The first kappa shape index (κ1) is 13.3. The molecular weight excluding hydrogens is 249 g/mol. The Labute approximate surface area is 109 Å². The summed E-state index contributed by atoms with van der Waals surface area (Å²) in [5.41, 5.74) is -0.827. The van der Waals surface area contributed by atoms with Gasteiger partial charge in [0.2, 0.25) is 5.43 Å². The number of carboxylic acid groups (broad SMARTS) is 1. The van der Waals surface area contributed by atoms with Crippen LogP contribution in [0.25, 0.3) is 10.9 Å². The van der Waals surface area contributed by atoms with Gasteiger partial charge >= 0.3 is 5.97 Å². The first-order chi connectivity index (χ1) is 8.97. The van der Waals surface area contributed by atoms with Crippen LogP contribution in [0.3, 0.4) is 0 Å². The normalized spacial score (nSPS) is 12.6. The summed E-state index contributed by atoms with van der Waals surface area (Å²) in [6.45, 7) is 3.76. The molecule has 5 heteroatoms. The zero-order valence-electron chi connectivity index (χ0n) is 10.7. The fraction of sp³-hybridized carbons (Fsp3) is 0.286. The number of para-hydroxylation sites is 1. The average molecular weight is 263 g/mol. The molecule has 0 spiro atoms. The highest BCUT2D eigenvalue weighted by molar-refractivity contribution is 5.92. The lowest BCUT2D eigenvalue weighted by molar-refractivity contribution is 0.0694. The van der Waals surface area contributed by atoms with Gasteiger partial charge in [-0.25, -0.2) is 9.18 Å². The first-order valence-corrected chi connectivity index (χ1v) is 6.04. The number of fused-ring (bicyclic) bond motifs is 1. The molecule has 1 atom stereocenters. The Morgan fingerprint density at radius 3 is 2.74 bits per heavy atom. The summed E-state index contributed by atoms with van der Waals surface area (Å²) >= 11 is 0. The van der Waals surface area contributed by atoms with Crippen LogP contribution in [0.2, 0.25) is 0 Å². The minimum Gasteiger partial charge on any atom is -0.477 e. The maximum atomic E-state index is 13.9. The van der Waals surface area contributed by atoms with Gasteiger partial charge in [0.15, 0.2) is 0 Å². The van der Waals surface area contributed by atoms with Crippen LogP contribution >= 0.6 is 0 Å². The molecule has 1 unspecified atom stereocenters. The number of hydrogen-bond donors (Lipinski definition) is 1. The zero-order valence-corrected chi connectivity index (χ0v) is 10.7. The van der Waals surface area contributed by atoms with Gasteiger partial charge in [0.1, 0.15) is 11.4 Å². The van der Waals surface area contributed by atoms with Crippen LogP contribution in [0.5, 0.6) is 0 Å². The van der Waals surface area contributed by atoms with Crippen molar-refractivity contribution in [2.24, 2.45) is 0 Å². The molecule has 1 heterocycles. The summed E-state index contributed by atoms with van der Waals surface area (Å²) in [5.74, 6) is -1.82. The molecule has 0 aliphatic carbocycles. The van der Waals surface area contributed by atoms with Crippen LogP contribution in [0.4, 0.5) is 4.39 Å². The third kappa shape index (κ3) is 2.12. The Balaban J connectivity index is 2.97. The van der Waals surface area contributed by atoms with Crippen LogP contribution in [-0.4, -0.2) is 15.6 Å². The molecule has 2 rings (SSSR count). The summed E-state index contributed by atoms with van der Waals surface area (Å²) in [6, 6.07) is 4.02. The van der Waals surface area contributed by atoms with Crippen molar-refractivity contribution in [2.45, 2.75) is 26.3 Å². The molecular formula is C14H14FNO3. The molecule has 0 aliphatic heterocycles. The Bertz CT molecular complexity index is 706. The molecule has 0 aliphatic rings. The Morgan fingerprint density at radius 2 is 2.16 bits per heavy atom. The van der Waals surface area contributed by atoms with Gasteiger partial charge in [-0.2, -0.15) is 0 Å². The lowest BCUT2D eigenvalue weighted by Crippen LogP contribution is -2.20. The Morgan fingerprint density at radius 1 is 1.47 bits per heavy atom. The van der Waals surface area contributed by atoms with E-state index >= 15 is 0 Å². The van der Waals surface area contributed by atoms with Crippen LogP contribution in [0.1, 0.15) is 36.7 Å². The second kappa shape index (κ2) is 4.84. The summed E-state index contributed by atoms with van der Waals surface area (Å²) in [5, 5.41) is 9.16. The van der Waals surface area contributed by atoms with Gasteiger partial charge in [0, 0.05) is 17.6 Å². The lowest BCUT2D eigenvalue weighted by Gasteiger charge is -2.18. The van der Waals surface area contributed by atoms with E-state index in [1.165, 1.54) is 29.0 Å². The highest BCUT2D eigenvalue weighted by Crippen LogP contribution is 2.21. The highest BCUT2D eigenvalue weighted by atomic mass is 19.1. The van der Waals surface area contributed by atoms with E-state index in [2.05, 4.69) is 0 Å². The number of carboxylic acids is 1. The van der Waals surface area contributed by atoms with Crippen LogP contribution in [0.15, 0.2) is 29.2 Å². The van der Waals surface area contributed by atoms with Gasteiger partial charge in [-0.1, -0.05) is 13.0 Å². The number of carbonyl (C=O) groups is 1. The molecule has 0 radical (unpaired) electrons. The Kier molecular flexibility index (Phi) is 3.38. The number of nitrogens with zero attached hydrogens (tertiary/aromatic N) is 1. The third-order valence-electron chi connectivity index (χ3n) is 3.30. The van der Waals surface area contributed by atoms with Crippen molar-refractivity contribution in [3.63, 3.8) is 0 Å². The van der Waals surface area contributed by atoms with Gasteiger partial charge in [-0.05, 0) is 25.5 Å². The number of aromatic carboxylic acids is 1.